The highest BCUT2D eigenvalue weighted by atomic mass is 32.1. The molecule has 1 aliphatic rings. The molecule has 1 aliphatic heterocycles. The third-order valence-corrected chi connectivity index (χ3v) is 5.99. The van der Waals surface area contributed by atoms with Crippen LogP contribution in [0.2, 0.25) is 0 Å². The van der Waals surface area contributed by atoms with E-state index in [1.54, 1.807) is 25.2 Å². The Balaban J connectivity index is 1.36. The quantitative estimate of drug-likeness (QED) is 0.520. The number of ether oxygens (including phenoxy) is 3. The number of rotatable bonds is 7. The van der Waals surface area contributed by atoms with Crippen LogP contribution in [0.1, 0.15) is 12.1 Å². The number of nitrogens with zero attached hydrogens (tertiary/aromatic N) is 2. The van der Waals surface area contributed by atoms with Crippen molar-refractivity contribution in [3.63, 3.8) is 0 Å². The van der Waals surface area contributed by atoms with Gasteiger partial charge in [0.05, 0.1) is 25.8 Å². The first-order valence-electron chi connectivity index (χ1n) is 9.77. The molecule has 3 aromatic rings. The van der Waals surface area contributed by atoms with Crippen LogP contribution in [-0.2, 0) is 20.9 Å². The van der Waals surface area contributed by atoms with Gasteiger partial charge in [-0.2, -0.15) is 0 Å². The fourth-order valence-corrected chi connectivity index (χ4v) is 4.22. The normalized spacial score (nSPS) is 15.7. The van der Waals surface area contributed by atoms with Crippen LogP contribution >= 0.6 is 11.3 Å². The predicted octanol–water partition coefficient (Wildman–Crippen LogP) is 3.92. The monoisotopic (exact) mass is 438 g/mol. The molecule has 1 saturated heterocycles. The number of carbonyl (C=O) groups excluding carboxylic acids is 2. The van der Waals surface area contributed by atoms with Crippen LogP contribution in [0.3, 0.4) is 0 Å². The lowest BCUT2D eigenvalue weighted by atomic mass is 10.1. The number of methoxy groups -OCH3 is 2. The van der Waals surface area contributed by atoms with Crippen molar-refractivity contribution in [2.75, 3.05) is 25.7 Å². The molecule has 1 unspecified atom stereocenters. The Morgan fingerprint density at radius 3 is 2.65 bits per heavy atom. The third kappa shape index (κ3) is 4.69. The van der Waals surface area contributed by atoms with E-state index >= 15 is 0 Å². The Labute approximate surface area is 184 Å². The molecule has 0 N–H and O–H groups in total. The summed E-state index contributed by atoms with van der Waals surface area (Å²) >= 11 is 1.48. The zero-order chi connectivity index (χ0) is 21.8. The molecule has 1 amide bonds. The van der Waals surface area contributed by atoms with Crippen molar-refractivity contribution < 1.29 is 23.8 Å². The summed E-state index contributed by atoms with van der Waals surface area (Å²) in [5.74, 6) is 0.410. The summed E-state index contributed by atoms with van der Waals surface area (Å²) in [6.07, 6.45) is 0.127. The van der Waals surface area contributed by atoms with Crippen molar-refractivity contribution >= 4 is 28.9 Å². The van der Waals surface area contributed by atoms with Gasteiger partial charge in [-0.25, -0.2) is 4.98 Å². The van der Waals surface area contributed by atoms with Gasteiger partial charge in [-0.3, -0.25) is 9.59 Å². The number of anilines is 1. The molecule has 1 aromatic heterocycles. The number of hydrogen-bond donors (Lipinski definition) is 0. The molecule has 7 nitrogen and oxygen atoms in total. The van der Waals surface area contributed by atoms with Gasteiger partial charge in [0.2, 0.25) is 5.91 Å². The summed E-state index contributed by atoms with van der Waals surface area (Å²) < 4.78 is 15.9. The minimum Gasteiger partial charge on any atom is -0.497 e. The Morgan fingerprint density at radius 2 is 1.87 bits per heavy atom. The largest absolute Gasteiger partial charge is 0.497 e. The molecule has 0 radical (unpaired) electrons. The lowest BCUT2D eigenvalue weighted by Crippen LogP contribution is -2.26. The highest BCUT2D eigenvalue weighted by molar-refractivity contribution is 7.13. The summed E-state index contributed by atoms with van der Waals surface area (Å²) in [6, 6.07) is 14.9. The lowest BCUT2D eigenvalue weighted by molar-refractivity contribution is -0.149. The number of carbonyl (C=O) groups is 2. The zero-order valence-electron chi connectivity index (χ0n) is 17.2. The van der Waals surface area contributed by atoms with E-state index in [2.05, 4.69) is 4.98 Å². The predicted molar refractivity (Wildman–Crippen MR) is 117 cm³/mol. The van der Waals surface area contributed by atoms with E-state index in [0.717, 1.165) is 16.3 Å². The number of amides is 1. The third-order valence-electron chi connectivity index (χ3n) is 5.05. The maximum absolute atomic E-state index is 12.6. The van der Waals surface area contributed by atoms with Crippen molar-refractivity contribution in [3.05, 3.63) is 59.6 Å². The van der Waals surface area contributed by atoms with Gasteiger partial charge >= 0.3 is 5.97 Å². The second-order valence-corrected chi connectivity index (χ2v) is 7.95. The SMILES string of the molecule is COc1cccc(-c2nc(COC(=O)C3CC(=O)N(c4cccc(OC)c4)C3)cs2)c1. The summed E-state index contributed by atoms with van der Waals surface area (Å²) in [7, 11) is 3.19. The molecule has 160 valence electrons. The van der Waals surface area contributed by atoms with E-state index in [0.29, 0.717) is 17.1 Å². The Morgan fingerprint density at radius 1 is 1.13 bits per heavy atom. The molecule has 0 bridgehead atoms. The molecule has 0 spiro atoms. The van der Waals surface area contributed by atoms with Gasteiger partial charge in [0.25, 0.3) is 0 Å². The van der Waals surface area contributed by atoms with Crippen molar-refractivity contribution in [2.45, 2.75) is 13.0 Å². The van der Waals surface area contributed by atoms with E-state index in [1.807, 2.05) is 47.8 Å². The van der Waals surface area contributed by atoms with Gasteiger partial charge in [-0.05, 0) is 24.3 Å². The average molecular weight is 439 g/mol. The highest BCUT2D eigenvalue weighted by Gasteiger charge is 2.36. The number of thiazole rings is 1. The summed E-state index contributed by atoms with van der Waals surface area (Å²) in [5, 5.41) is 2.69. The van der Waals surface area contributed by atoms with Crippen molar-refractivity contribution in [3.8, 4) is 22.1 Å². The van der Waals surface area contributed by atoms with Crippen LogP contribution in [0.4, 0.5) is 5.69 Å². The smallest absolute Gasteiger partial charge is 0.311 e. The topological polar surface area (TPSA) is 78.0 Å². The number of hydrogen-bond acceptors (Lipinski definition) is 7. The first-order chi connectivity index (χ1) is 15.1. The summed E-state index contributed by atoms with van der Waals surface area (Å²) in [4.78, 5) is 31.1. The molecule has 31 heavy (non-hydrogen) atoms. The fraction of sp³-hybridized carbons (Fsp3) is 0.261. The number of esters is 1. The van der Waals surface area contributed by atoms with Crippen LogP contribution in [0.5, 0.6) is 11.5 Å². The molecule has 2 aromatic carbocycles. The van der Waals surface area contributed by atoms with Gasteiger partial charge in [0.1, 0.15) is 23.1 Å². The van der Waals surface area contributed by atoms with Crippen molar-refractivity contribution in [2.24, 2.45) is 5.92 Å². The molecular weight excluding hydrogens is 416 g/mol. The maximum Gasteiger partial charge on any atom is 0.311 e. The van der Waals surface area contributed by atoms with E-state index in [4.69, 9.17) is 14.2 Å². The molecule has 1 atom stereocenters. The Bertz CT molecular complexity index is 1100. The van der Waals surface area contributed by atoms with Crippen LogP contribution in [0.25, 0.3) is 10.6 Å². The van der Waals surface area contributed by atoms with E-state index in [9.17, 15) is 9.59 Å². The molecule has 1 fully saturated rings. The Hall–Kier alpha value is -3.39. The minimum atomic E-state index is -0.504. The van der Waals surface area contributed by atoms with Crippen molar-refractivity contribution in [1.82, 2.24) is 4.98 Å². The zero-order valence-corrected chi connectivity index (χ0v) is 18.1. The lowest BCUT2D eigenvalue weighted by Gasteiger charge is -2.17. The van der Waals surface area contributed by atoms with Gasteiger partial charge in [-0.1, -0.05) is 18.2 Å². The first-order valence-corrected chi connectivity index (χ1v) is 10.6. The van der Waals surface area contributed by atoms with E-state index in [1.165, 1.54) is 11.3 Å². The molecule has 2 heterocycles. The highest BCUT2D eigenvalue weighted by Crippen LogP contribution is 2.29. The van der Waals surface area contributed by atoms with Gasteiger partial charge in [-0.15, -0.1) is 11.3 Å². The van der Waals surface area contributed by atoms with Crippen LogP contribution < -0.4 is 14.4 Å². The average Bonchev–Trinajstić information content (AvgIpc) is 3.44. The standard InChI is InChI=1S/C23H22N2O5S/c1-28-19-7-3-5-15(9-19)22-24-17(14-31-22)13-30-23(27)16-10-21(26)25(12-16)18-6-4-8-20(11-18)29-2/h3-9,11,14,16H,10,12-13H2,1-2H3. The van der Waals surface area contributed by atoms with Crippen molar-refractivity contribution in [1.29, 1.82) is 0 Å². The van der Waals surface area contributed by atoms with E-state index < -0.39 is 11.9 Å². The van der Waals surface area contributed by atoms with Gasteiger partial charge in [0, 0.05) is 35.7 Å². The van der Waals surface area contributed by atoms with Gasteiger partial charge in [0.15, 0.2) is 0 Å². The second-order valence-electron chi connectivity index (χ2n) is 7.09. The molecule has 4 rings (SSSR count). The van der Waals surface area contributed by atoms with E-state index in [-0.39, 0.29) is 25.5 Å². The summed E-state index contributed by atoms with van der Waals surface area (Å²) in [6.45, 7) is 0.361. The maximum atomic E-state index is 12.6. The molecule has 8 heteroatoms. The minimum absolute atomic E-state index is 0.0726. The molecular formula is C23H22N2O5S. The molecule has 0 saturated carbocycles. The van der Waals surface area contributed by atoms with Gasteiger partial charge < -0.3 is 19.1 Å². The first kappa shape index (κ1) is 20.9. The number of benzene rings is 2. The fourth-order valence-electron chi connectivity index (χ4n) is 3.42. The summed E-state index contributed by atoms with van der Waals surface area (Å²) in [5.41, 5.74) is 2.32. The van der Waals surface area contributed by atoms with Crippen LogP contribution in [0.15, 0.2) is 53.9 Å². The van der Waals surface area contributed by atoms with Crippen LogP contribution in [-0.4, -0.2) is 37.6 Å². The Kier molecular flexibility index (Phi) is 6.18. The number of aromatic nitrogens is 1. The van der Waals surface area contributed by atoms with Crippen LogP contribution in [0, 0.1) is 5.92 Å². The molecule has 0 aliphatic carbocycles. The second kappa shape index (κ2) is 9.18.